The average molecular weight is 262 g/mol. The predicted molar refractivity (Wildman–Crippen MR) is 76.6 cm³/mol. The third-order valence-corrected chi connectivity index (χ3v) is 4.08. The van der Waals surface area contributed by atoms with Gasteiger partial charge < -0.3 is 5.32 Å². The maximum absolute atomic E-state index is 11.9. The molecule has 0 bridgehead atoms. The predicted octanol–water partition coefficient (Wildman–Crippen LogP) is 3.42. The number of amides is 1. The van der Waals surface area contributed by atoms with E-state index in [1.54, 1.807) is 36.0 Å². The van der Waals surface area contributed by atoms with Crippen LogP contribution in [0, 0.1) is 11.3 Å². The van der Waals surface area contributed by atoms with E-state index < -0.39 is 0 Å². The van der Waals surface area contributed by atoms with Gasteiger partial charge in [0.1, 0.15) is 0 Å². The van der Waals surface area contributed by atoms with E-state index in [4.69, 9.17) is 5.26 Å². The third-order valence-electron chi connectivity index (χ3n) is 2.66. The van der Waals surface area contributed by atoms with Gasteiger partial charge in [0.05, 0.1) is 16.9 Å². The second kappa shape index (κ2) is 7.07. The molecule has 1 aromatic carbocycles. The Hall–Kier alpha value is -1.47. The smallest absolute Gasteiger partial charge is 0.237 e. The highest BCUT2D eigenvalue weighted by molar-refractivity contribution is 8.01. The molecule has 0 spiro atoms. The normalized spacial score (nSPS) is 13.4. The lowest BCUT2D eigenvalue weighted by atomic mass is 10.2. The minimum absolute atomic E-state index is 0.00464. The van der Waals surface area contributed by atoms with Gasteiger partial charge in [-0.2, -0.15) is 5.26 Å². The zero-order valence-corrected chi connectivity index (χ0v) is 11.8. The summed E-state index contributed by atoms with van der Waals surface area (Å²) in [4.78, 5) is 11.9. The Kier molecular flexibility index (Phi) is 5.73. The lowest BCUT2D eigenvalue weighted by Crippen LogP contribution is -2.24. The molecule has 2 atom stereocenters. The van der Waals surface area contributed by atoms with Gasteiger partial charge in [-0.15, -0.1) is 11.8 Å². The highest BCUT2D eigenvalue weighted by Gasteiger charge is 2.16. The van der Waals surface area contributed by atoms with Gasteiger partial charge in [0.25, 0.3) is 0 Å². The van der Waals surface area contributed by atoms with Crippen LogP contribution in [0.5, 0.6) is 0 Å². The molecule has 0 fully saturated rings. The van der Waals surface area contributed by atoms with Crippen molar-refractivity contribution in [3.05, 3.63) is 29.8 Å². The van der Waals surface area contributed by atoms with E-state index in [-0.39, 0.29) is 11.2 Å². The fraction of sp³-hybridized carbons (Fsp3) is 0.429. The molecule has 4 heteroatoms. The number of nitrogens with zero attached hydrogens (tertiary/aromatic N) is 1. The number of hydrogen-bond acceptors (Lipinski definition) is 3. The Bertz CT molecular complexity index is 436. The van der Waals surface area contributed by atoms with Crippen molar-refractivity contribution in [3.63, 3.8) is 0 Å². The van der Waals surface area contributed by atoms with Gasteiger partial charge in [-0.1, -0.05) is 13.8 Å². The van der Waals surface area contributed by atoms with Crippen LogP contribution in [0.15, 0.2) is 24.3 Å². The second-order valence-electron chi connectivity index (χ2n) is 4.18. The number of carbonyl (C=O) groups excluding carboxylic acids is 1. The summed E-state index contributed by atoms with van der Waals surface area (Å²) in [6.07, 6.45) is 1.05. The summed E-state index contributed by atoms with van der Waals surface area (Å²) in [6, 6.07) is 8.93. The first-order valence-electron chi connectivity index (χ1n) is 6.03. The Labute approximate surface area is 113 Å². The number of rotatable bonds is 5. The van der Waals surface area contributed by atoms with E-state index >= 15 is 0 Å². The Morgan fingerprint density at radius 3 is 2.50 bits per heavy atom. The second-order valence-corrected chi connectivity index (χ2v) is 5.96. The van der Waals surface area contributed by atoms with Crippen LogP contribution in [0.4, 0.5) is 5.69 Å². The fourth-order valence-corrected chi connectivity index (χ4v) is 2.45. The van der Waals surface area contributed by atoms with Crippen molar-refractivity contribution in [2.75, 3.05) is 5.32 Å². The van der Waals surface area contributed by atoms with Crippen LogP contribution in [0.3, 0.4) is 0 Å². The summed E-state index contributed by atoms with van der Waals surface area (Å²) in [5.74, 6) is 0.00464. The summed E-state index contributed by atoms with van der Waals surface area (Å²) >= 11 is 1.67. The molecule has 0 aromatic heterocycles. The van der Waals surface area contributed by atoms with Crippen LogP contribution < -0.4 is 5.32 Å². The molecule has 1 N–H and O–H groups in total. The zero-order valence-electron chi connectivity index (χ0n) is 10.9. The van der Waals surface area contributed by atoms with Crippen molar-refractivity contribution < 1.29 is 4.79 Å². The average Bonchev–Trinajstić information content (AvgIpc) is 2.39. The zero-order chi connectivity index (χ0) is 13.5. The number of thioether (sulfide) groups is 1. The van der Waals surface area contributed by atoms with E-state index in [1.807, 2.05) is 13.0 Å². The quantitative estimate of drug-likeness (QED) is 0.884. The van der Waals surface area contributed by atoms with Gasteiger partial charge in [-0.3, -0.25) is 4.79 Å². The van der Waals surface area contributed by atoms with Gasteiger partial charge in [0, 0.05) is 10.9 Å². The molecule has 1 aromatic rings. The Morgan fingerprint density at radius 2 is 2.00 bits per heavy atom. The standard InChI is InChI=1S/C14H18N2OS/c1-4-10(2)18-11(3)14(17)16-13-7-5-12(9-15)6-8-13/h5-8,10-11H,4H2,1-3H3,(H,16,17). The van der Waals surface area contributed by atoms with Gasteiger partial charge in [-0.05, 0) is 37.6 Å². The summed E-state index contributed by atoms with van der Waals surface area (Å²) in [5.41, 5.74) is 1.32. The van der Waals surface area contributed by atoms with Crippen LogP contribution in [0.25, 0.3) is 0 Å². The third kappa shape index (κ3) is 4.42. The molecular formula is C14H18N2OS. The van der Waals surface area contributed by atoms with E-state index in [1.165, 1.54) is 0 Å². The number of nitrogens with one attached hydrogen (secondary N) is 1. The van der Waals surface area contributed by atoms with E-state index in [9.17, 15) is 4.79 Å². The van der Waals surface area contributed by atoms with E-state index in [2.05, 4.69) is 19.2 Å². The van der Waals surface area contributed by atoms with Crippen LogP contribution >= 0.6 is 11.8 Å². The number of hydrogen-bond donors (Lipinski definition) is 1. The summed E-state index contributed by atoms with van der Waals surface area (Å²) in [7, 11) is 0. The maximum Gasteiger partial charge on any atom is 0.237 e. The lowest BCUT2D eigenvalue weighted by molar-refractivity contribution is -0.115. The summed E-state index contributed by atoms with van der Waals surface area (Å²) in [5, 5.41) is 11.9. The highest BCUT2D eigenvalue weighted by atomic mass is 32.2. The topological polar surface area (TPSA) is 52.9 Å². The molecule has 1 amide bonds. The molecule has 96 valence electrons. The summed E-state index contributed by atoms with van der Waals surface area (Å²) in [6.45, 7) is 6.15. The lowest BCUT2D eigenvalue weighted by Gasteiger charge is -2.15. The van der Waals surface area contributed by atoms with Crippen molar-refractivity contribution in [3.8, 4) is 6.07 Å². The van der Waals surface area contributed by atoms with Crippen LogP contribution in [-0.4, -0.2) is 16.4 Å². The van der Waals surface area contributed by atoms with Crippen LogP contribution in [-0.2, 0) is 4.79 Å². The molecule has 0 aliphatic rings. The number of anilines is 1. The monoisotopic (exact) mass is 262 g/mol. The molecule has 3 nitrogen and oxygen atoms in total. The first-order chi connectivity index (χ1) is 8.56. The molecule has 18 heavy (non-hydrogen) atoms. The Morgan fingerprint density at radius 1 is 1.39 bits per heavy atom. The summed E-state index contributed by atoms with van der Waals surface area (Å²) < 4.78 is 0. The Balaban J connectivity index is 2.55. The van der Waals surface area contributed by atoms with Gasteiger partial charge in [0.15, 0.2) is 0 Å². The molecule has 2 unspecified atom stereocenters. The number of carbonyl (C=O) groups is 1. The highest BCUT2D eigenvalue weighted by Crippen LogP contribution is 2.21. The van der Waals surface area contributed by atoms with Crippen molar-refractivity contribution in [2.45, 2.75) is 37.7 Å². The maximum atomic E-state index is 11.9. The largest absolute Gasteiger partial charge is 0.325 e. The van der Waals surface area contributed by atoms with Crippen molar-refractivity contribution in [1.29, 1.82) is 5.26 Å². The molecule has 1 rings (SSSR count). The molecule has 0 radical (unpaired) electrons. The van der Waals surface area contributed by atoms with Gasteiger partial charge in [0.2, 0.25) is 5.91 Å². The first-order valence-corrected chi connectivity index (χ1v) is 6.97. The molecule has 0 saturated heterocycles. The van der Waals surface area contributed by atoms with Crippen molar-refractivity contribution in [1.82, 2.24) is 0 Å². The SMILES string of the molecule is CCC(C)SC(C)C(=O)Nc1ccc(C#N)cc1. The van der Waals surface area contributed by atoms with Crippen molar-refractivity contribution in [2.24, 2.45) is 0 Å². The van der Waals surface area contributed by atoms with Gasteiger partial charge >= 0.3 is 0 Å². The van der Waals surface area contributed by atoms with E-state index in [0.29, 0.717) is 10.8 Å². The van der Waals surface area contributed by atoms with Crippen molar-refractivity contribution >= 4 is 23.4 Å². The molecular weight excluding hydrogens is 244 g/mol. The van der Waals surface area contributed by atoms with Crippen LogP contribution in [0.1, 0.15) is 32.8 Å². The minimum Gasteiger partial charge on any atom is -0.325 e. The number of nitriles is 1. The molecule has 0 aliphatic carbocycles. The molecule has 0 aliphatic heterocycles. The first kappa shape index (κ1) is 14.6. The fourth-order valence-electron chi connectivity index (χ4n) is 1.38. The minimum atomic E-state index is -0.0735. The van der Waals surface area contributed by atoms with Crippen LogP contribution in [0.2, 0.25) is 0 Å². The molecule has 0 saturated carbocycles. The number of benzene rings is 1. The molecule has 0 heterocycles. The van der Waals surface area contributed by atoms with E-state index in [0.717, 1.165) is 12.1 Å². The van der Waals surface area contributed by atoms with Gasteiger partial charge in [-0.25, -0.2) is 0 Å².